The number of hydrogen-bond donors (Lipinski definition) is 0. The molecule has 3 aliphatic rings. The number of aryl methyl sites for hydroxylation is 2. The Labute approximate surface area is 294 Å². The lowest BCUT2D eigenvalue weighted by Crippen LogP contribution is -2.28. The summed E-state index contributed by atoms with van der Waals surface area (Å²) in [6.45, 7) is 28.2. The molecule has 0 saturated heterocycles. The first-order valence-corrected chi connectivity index (χ1v) is 19.2. The zero-order chi connectivity index (χ0) is 34.9. The zero-order valence-electron chi connectivity index (χ0n) is 32.4. The van der Waals surface area contributed by atoms with Crippen molar-refractivity contribution in [2.24, 2.45) is 5.41 Å². The molecule has 5 rings (SSSR count). The summed E-state index contributed by atoms with van der Waals surface area (Å²) in [6.07, 6.45) is 21.0. The van der Waals surface area contributed by atoms with Gasteiger partial charge in [-0.3, -0.25) is 0 Å². The Morgan fingerprint density at radius 3 is 2.12 bits per heavy atom. The van der Waals surface area contributed by atoms with Crippen LogP contribution in [0.1, 0.15) is 142 Å². The molecule has 0 aromatic heterocycles. The fourth-order valence-electron chi connectivity index (χ4n) is 8.68. The number of unbranched alkanes of at least 4 members (excludes halogenated alkanes) is 4. The molecule has 2 aliphatic heterocycles. The van der Waals surface area contributed by atoms with Crippen molar-refractivity contribution in [3.8, 4) is 0 Å². The molecule has 2 heterocycles. The Morgan fingerprint density at radius 1 is 0.771 bits per heavy atom. The van der Waals surface area contributed by atoms with Gasteiger partial charge in [-0.15, -0.1) is 0 Å². The Bertz CT molecular complexity index is 1660. The third kappa shape index (κ3) is 7.10. The van der Waals surface area contributed by atoms with Crippen LogP contribution in [-0.4, -0.2) is 23.4 Å². The van der Waals surface area contributed by atoms with Gasteiger partial charge in [0.05, 0.1) is 5.41 Å². The first kappa shape index (κ1) is 36.2. The molecule has 0 N–H and O–H groups in total. The van der Waals surface area contributed by atoms with E-state index in [4.69, 9.17) is 0 Å². The van der Waals surface area contributed by atoms with E-state index in [0.717, 1.165) is 25.9 Å². The summed E-state index contributed by atoms with van der Waals surface area (Å²) in [6, 6.07) is 14.2. The standard InChI is InChI=1S/C46H65N2/c1-12-14-16-29-47-39-25-21-33(3)31-37(39)45(8,9)41(47)27-23-35-19-18-20-36(43(35)44(5,6)7)24-28-42-46(10,11)38-32-34(4)22-26-40(38)48(42)30-17-15-13-2/h21-28,31-32H,12-20,29-30H2,1-11H3/q+1. The second kappa shape index (κ2) is 14.4. The lowest BCUT2D eigenvalue weighted by molar-refractivity contribution is -0.438. The van der Waals surface area contributed by atoms with Gasteiger partial charge in [0.25, 0.3) is 0 Å². The molecule has 0 bridgehead atoms. The molecule has 0 saturated carbocycles. The predicted octanol–water partition coefficient (Wildman–Crippen LogP) is 12.8. The number of allylic oxidation sites excluding steroid dienone is 8. The Kier molecular flexibility index (Phi) is 10.8. The highest BCUT2D eigenvalue weighted by molar-refractivity contribution is 6.03. The van der Waals surface area contributed by atoms with Crippen molar-refractivity contribution in [2.75, 3.05) is 18.0 Å². The maximum atomic E-state index is 2.64. The van der Waals surface area contributed by atoms with E-state index >= 15 is 0 Å². The second-order valence-electron chi connectivity index (χ2n) is 17.0. The van der Waals surface area contributed by atoms with Crippen LogP contribution in [0.2, 0.25) is 0 Å². The van der Waals surface area contributed by atoms with E-state index in [0.29, 0.717) is 0 Å². The molecule has 2 nitrogen and oxygen atoms in total. The highest BCUT2D eigenvalue weighted by atomic mass is 15.2. The van der Waals surface area contributed by atoms with E-state index in [2.05, 4.69) is 146 Å². The monoisotopic (exact) mass is 646 g/mol. The molecular formula is C46H65N2+. The largest absolute Gasteiger partial charge is 0.344 e. The minimum Gasteiger partial charge on any atom is -0.344 e. The minimum absolute atomic E-state index is 0.0209. The molecule has 0 amide bonds. The van der Waals surface area contributed by atoms with Gasteiger partial charge in [0, 0.05) is 47.5 Å². The Balaban J connectivity index is 1.57. The predicted molar refractivity (Wildman–Crippen MR) is 210 cm³/mol. The minimum atomic E-state index is -0.0209. The average Bonchev–Trinajstić information content (AvgIpc) is 3.36. The molecular weight excluding hydrogens is 581 g/mol. The fourth-order valence-corrected chi connectivity index (χ4v) is 8.68. The fraction of sp³-hybridized carbons (Fsp3) is 0.543. The van der Waals surface area contributed by atoms with Crippen LogP contribution in [0.25, 0.3) is 0 Å². The molecule has 2 heteroatoms. The van der Waals surface area contributed by atoms with Crippen LogP contribution in [0, 0.1) is 19.3 Å². The zero-order valence-corrected chi connectivity index (χ0v) is 32.4. The number of rotatable bonds is 11. The van der Waals surface area contributed by atoms with Crippen molar-refractivity contribution in [2.45, 2.75) is 145 Å². The quantitative estimate of drug-likeness (QED) is 0.174. The van der Waals surface area contributed by atoms with Crippen molar-refractivity contribution >= 4 is 17.1 Å². The van der Waals surface area contributed by atoms with Gasteiger partial charge in [0.1, 0.15) is 6.54 Å². The van der Waals surface area contributed by atoms with Gasteiger partial charge in [-0.05, 0) is 106 Å². The van der Waals surface area contributed by atoms with Crippen LogP contribution in [0.4, 0.5) is 11.4 Å². The number of hydrogen-bond acceptors (Lipinski definition) is 1. The van der Waals surface area contributed by atoms with Crippen LogP contribution in [0.3, 0.4) is 0 Å². The second-order valence-corrected chi connectivity index (χ2v) is 17.0. The molecule has 2 aromatic rings. The van der Waals surface area contributed by atoms with E-state index < -0.39 is 0 Å². The summed E-state index contributed by atoms with van der Waals surface area (Å²) in [4.78, 5) is 2.64. The van der Waals surface area contributed by atoms with Gasteiger partial charge in [-0.25, -0.2) is 0 Å². The number of benzene rings is 2. The Morgan fingerprint density at radius 2 is 1.44 bits per heavy atom. The molecule has 0 spiro atoms. The van der Waals surface area contributed by atoms with Gasteiger partial charge < -0.3 is 4.90 Å². The van der Waals surface area contributed by atoms with Crippen LogP contribution in [0.15, 0.2) is 83.1 Å². The maximum absolute atomic E-state index is 2.64. The van der Waals surface area contributed by atoms with Crippen molar-refractivity contribution in [1.82, 2.24) is 0 Å². The first-order valence-electron chi connectivity index (χ1n) is 19.2. The van der Waals surface area contributed by atoms with Gasteiger partial charge in [-0.1, -0.05) is 109 Å². The number of fused-ring (bicyclic) bond motifs is 2. The summed E-state index contributed by atoms with van der Waals surface area (Å²) >= 11 is 0. The lowest BCUT2D eigenvalue weighted by atomic mass is 9.73. The van der Waals surface area contributed by atoms with Crippen LogP contribution in [0.5, 0.6) is 0 Å². The van der Waals surface area contributed by atoms with Crippen molar-refractivity contribution < 1.29 is 4.58 Å². The van der Waals surface area contributed by atoms with Gasteiger partial charge in [0.2, 0.25) is 5.69 Å². The summed E-state index contributed by atoms with van der Waals surface area (Å²) in [5.74, 6) is 0. The summed E-state index contributed by atoms with van der Waals surface area (Å²) in [5.41, 5.74) is 15.9. The van der Waals surface area contributed by atoms with Gasteiger partial charge in [-0.2, -0.15) is 4.58 Å². The molecule has 0 atom stereocenters. The highest BCUT2D eigenvalue weighted by Crippen LogP contribution is 2.49. The topological polar surface area (TPSA) is 6.25 Å². The van der Waals surface area contributed by atoms with Crippen molar-refractivity contribution in [3.63, 3.8) is 0 Å². The Hall–Kier alpha value is -3.13. The molecule has 1 aliphatic carbocycles. The molecule has 0 fully saturated rings. The van der Waals surface area contributed by atoms with Crippen LogP contribution in [-0.2, 0) is 10.8 Å². The molecule has 0 radical (unpaired) electrons. The van der Waals surface area contributed by atoms with Crippen LogP contribution >= 0.6 is 0 Å². The summed E-state index contributed by atoms with van der Waals surface area (Å²) < 4.78 is 2.64. The lowest BCUT2D eigenvalue weighted by Gasteiger charge is -2.32. The van der Waals surface area contributed by atoms with E-state index in [1.54, 1.807) is 5.57 Å². The van der Waals surface area contributed by atoms with E-state index in [1.807, 2.05) is 0 Å². The molecule has 258 valence electrons. The molecule has 0 unspecified atom stereocenters. The van der Waals surface area contributed by atoms with E-state index in [-0.39, 0.29) is 16.2 Å². The summed E-state index contributed by atoms with van der Waals surface area (Å²) in [5, 5.41) is 0. The third-order valence-electron chi connectivity index (χ3n) is 11.2. The first-order chi connectivity index (χ1) is 22.7. The highest BCUT2D eigenvalue weighted by Gasteiger charge is 2.44. The van der Waals surface area contributed by atoms with E-state index in [9.17, 15) is 0 Å². The number of nitrogens with zero attached hydrogens (tertiary/aromatic N) is 2. The van der Waals surface area contributed by atoms with Crippen molar-refractivity contribution in [3.05, 3.63) is 105 Å². The normalized spacial score (nSPS) is 20.5. The van der Waals surface area contributed by atoms with Gasteiger partial charge in [0.15, 0.2) is 5.71 Å². The number of anilines is 1. The molecule has 48 heavy (non-hydrogen) atoms. The van der Waals surface area contributed by atoms with Gasteiger partial charge >= 0.3 is 0 Å². The molecule has 2 aromatic carbocycles. The smallest absolute Gasteiger partial charge is 0.209 e. The maximum Gasteiger partial charge on any atom is 0.209 e. The van der Waals surface area contributed by atoms with Crippen LogP contribution < -0.4 is 4.90 Å². The average molecular weight is 646 g/mol. The van der Waals surface area contributed by atoms with E-state index in [1.165, 1.54) is 101 Å². The summed E-state index contributed by atoms with van der Waals surface area (Å²) in [7, 11) is 0. The third-order valence-corrected chi connectivity index (χ3v) is 11.2. The SMILES string of the molecule is CCCCCN1/C(=C/C=C2\CCCC(/C=C/C3=[N+](CCCCC)c4ccc(C)cc4C3(C)C)=C2C(C)(C)C)C(C)(C)c2cc(C)ccc21. The van der Waals surface area contributed by atoms with Crippen molar-refractivity contribution in [1.29, 1.82) is 0 Å².